The molecule has 0 bridgehead atoms. The van der Waals surface area contributed by atoms with Crippen molar-refractivity contribution >= 4 is 23.5 Å². The molecule has 0 spiro atoms. The highest BCUT2D eigenvalue weighted by molar-refractivity contribution is 5.92. The van der Waals surface area contributed by atoms with Gasteiger partial charge in [-0.3, -0.25) is 9.59 Å². The number of carbonyl (C=O) groups is 3. The van der Waals surface area contributed by atoms with Crippen LogP contribution in [0.15, 0.2) is 24.3 Å². The normalized spacial score (nSPS) is 17.7. The molecule has 2 rings (SSSR count). The second kappa shape index (κ2) is 5.60. The van der Waals surface area contributed by atoms with Crippen molar-refractivity contribution in [3.8, 4) is 0 Å². The Morgan fingerprint density at radius 1 is 1.30 bits per heavy atom. The largest absolute Gasteiger partial charge is 0.481 e. The number of carboxylic acid groups (broad SMARTS) is 2. The number of hydrogen-bond acceptors (Lipinski definition) is 4. The molecule has 0 aromatic heterocycles. The van der Waals surface area contributed by atoms with Crippen molar-refractivity contribution in [2.75, 3.05) is 5.32 Å². The van der Waals surface area contributed by atoms with Gasteiger partial charge in [0, 0.05) is 12.1 Å². The van der Waals surface area contributed by atoms with Crippen LogP contribution < -0.4 is 10.6 Å². The minimum Gasteiger partial charge on any atom is -0.481 e. The van der Waals surface area contributed by atoms with E-state index in [1.807, 2.05) is 24.3 Å². The third-order valence-electron chi connectivity index (χ3n) is 3.08. The first-order valence-electron chi connectivity index (χ1n) is 6.07. The predicted molar refractivity (Wildman–Crippen MR) is 69.4 cm³/mol. The summed E-state index contributed by atoms with van der Waals surface area (Å²) < 4.78 is 0. The van der Waals surface area contributed by atoms with Crippen molar-refractivity contribution in [1.82, 2.24) is 5.32 Å². The number of amides is 1. The lowest BCUT2D eigenvalue weighted by Gasteiger charge is -2.16. The zero-order valence-electron chi connectivity index (χ0n) is 10.5. The van der Waals surface area contributed by atoms with Crippen LogP contribution in [0.1, 0.15) is 12.0 Å². The lowest BCUT2D eigenvalue weighted by atomic mass is 10.1. The number of rotatable bonds is 5. The molecule has 2 unspecified atom stereocenters. The molecule has 1 heterocycles. The van der Waals surface area contributed by atoms with E-state index < -0.39 is 36.4 Å². The molecule has 0 fully saturated rings. The van der Waals surface area contributed by atoms with Crippen molar-refractivity contribution in [3.05, 3.63) is 29.8 Å². The average Bonchev–Trinajstić information content (AvgIpc) is 2.81. The molecular formula is C13H14N2O5. The number of para-hydroxylation sites is 1. The van der Waals surface area contributed by atoms with Crippen molar-refractivity contribution < 1.29 is 24.6 Å². The van der Waals surface area contributed by atoms with Crippen molar-refractivity contribution in [3.63, 3.8) is 0 Å². The smallest absolute Gasteiger partial charge is 0.326 e. The third kappa shape index (κ3) is 3.05. The van der Waals surface area contributed by atoms with E-state index in [0.29, 0.717) is 6.42 Å². The Balaban J connectivity index is 1.99. The molecule has 0 saturated heterocycles. The molecule has 7 nitrogen and oxygen atoms in total. The van der Waals surface area contributed by atoms with E-state index in [0.717, 1.165) is 11.3 Å². The summed E-state index contributed by atoms with van der Waals surface area (Å²) in [5, 5.41) is 22.7. The van der Waals surface area contributed by atoms with Gasteiger partial charge >= 0.3 is 11.9 Å². The number of fused-ring (bicyclic) bond motifs is 1. The van der Waals surface area contributed by atoms with Gasteiger partial charge in [0.05, 0.1) is 6.42 Å². The molecular weight excluding hydrogens is 264 g/mol. The zero-order chi connectivity index (χ0) is 14.7. The fraction of sp³-hybridized carbons (Fsp3) is 0.308. The molecule has 20 heavy (non-hydrogen) atoms. The topological polar surface area (TPSA) is 116 Å². The number of hydrogen-bond donors (Lipinski definition) is 4. The Hall–Kier alpha value is -2.57. The summed E-state index contributed by atoms with van der Waals surface area (Å²) >= 11 is 0. The van der Waals surface area contributed by atoms with Gasteiger partial charge in [-0.25, -0.2) is 4.79 Å². The van der Waals surface area contributed by atoms with Gasteiger partial charge < -0.3 is 20.8 Å². The number of aliphatic carboxylic acids is 2. The standard InChI is InChI=1S/C13H14N2O5/c16-11(17)6-10(13(19)20)15-12(18)9-5-7-3-1-2-4-8(7)14-9/h1-4,9-10,14H,5-6H2,(H,15,18)(H,16,17)(H,19,20). The second-order valence-electron chi connectivity index (χ2n) is 4.56. The number of anilines is 1. The first-order chi connectivity index (χ1) is 9.47. The Bertz CT molecular complexity index is 532. The highest BCUT2D eigenvalue weighted by Crippen LogP contribution is 2.25. The summed E-state index contributed by atoms with van der Waals surface area (Å²) in [6.07, 6.45) is -0.206. The van der Waals surface area contributed by atoms with E-state index in [9.17, 15) is 14.4 Å². The average molecular weight is 278 g/mol. The second-order valence-corrected chi connectivity index (χ2v) is 4.56. The van der Waals surface area contributed by atoms with Crippen molar-refractivity contribution in [2.45, 2.75) is 24.9 Å². The number of carboxylic acids is 2. The van der Waals surface area contributed by atoms with Crippen LogP contribution in [0.4, 0.5) is 5.69 Å². The molecule has 7 heteroatoms. The Labute approximate surface area is 114 Å². The van der Waals surface area contributed by atoms with Gasteiger partial charge in [-0.05, 0) is 11.6 Å². The van der Waals surface area contributed by atoms with Crippen LogP contribution in [-0.2, 0) is 20.8 Å². The molecule has 1 amide bonds. The van der Waals surface area contributed by atoms with Crippen molar-refractivity contribution in [1.29, 1.82) is 0 Å². The van der Waals surface area contributed by atoms with Crippen LogP contribution in [0.25, 0.3) is 0 Å². The summed E-state index contributed by atoms with van der Waals surface area (Å²) in [6, 6.07) is 5.38. The summed E-state index contributed by atoms with van der Waals surface area (Å²) in [4.78, 5) is 33.5. The molecule has 1 aromatic carbocycles. The molecule has 2 atom stereocenters. The van der Waals surface area contributed by atoms with E-state index in [2.05, 4.69) is 10.6 Å². The maximum Gasteiger partial charge on any atom is 0.326 e. The van der Waals surface area contributed by atoms with Crippen LogP contribution in [0.5, 0.6) is 0 Å². The zero-order valence-corrected chi connectivity index (χ0v) is 10.5. The fourth-order valence-electron chi connectivity index (χ4n) is 2.10. The van der Waals surface area contributed by atoms with Crippen LogP contribution in [-0.4, -0.2) is 40.1 Å². The SMILES string of the molecule is O=C(O)CC(NC(=O)C1Cc2ccccc2N1)C(=O)O. The Kier molecular flexibility index (Phi) is 3.88. The molecule has 0 aliphatic carbocycles. The quantitative estimate of drug-likeness (QED) is 0.605. The highest BCUT2D eigenvalue weighted by atomic mass is 16.4. The number of nitrogens with one attached hydrogen (secondary N) is 2. The molecule has 1 aromatic rings. The minimum absolute atomic E-state index is 0.446. The molecule has 0 radical (unpaired) electrons. The Morgan fingerprint density at radius 3 is 2.60 bits per heavy atom. The number of benzene rings is 1. The lowest BCUT2D eigenvalue weighted by molar-refractivity contribution is -0.147. The van der Waals surface area contributed by atoms with Gasteiger partial charge in [-0.2, -0.15) is 0 Å². The van der Waals surface area contributed by atoms with Gasteiger partial charge in [0.25, 0.3) is 0 Å². The van der Waals surface area contributed by atoms with Gasteiger partial charge in [0.15, 0.2) is 0 Å². The predicted octanol–water partition coefficient (Wildman–Crippen LogP) is 0.0673. The first kappa shape index (κ1) is 13.9. The van der Waals surface area contributed by atoms with Crippen LogP contribution in [0.3, 0.4) is 0 Å². The molecule has 1 aliphatic heterocycles. The summed E-state index contributed by atoms with van der Waals surface area (Å²) in [6.45, 7) is 0. The van der Waals surface area contributed by atoms with Crippen LogP contribution >= 0.6 is 0 Å². The van der Waals surface area contributed by atoms with E-state index in [1.165, 1.54) is 0 Å². The monoisotopic (exact) mass is 278 g/mol. The van der Waals surface area contributed by atoms with E-state index in [-0.39, 0.29) is 0 Å². The summed E-state index contributed by atoms with van der Waals surface area (Å²) in [5.74, 6) is -3.16. The third-order valence-corrected chi connectivity index (χ3v) is 3.08. The van der Waals surface area contributed by atoms with Gasteiger partial charge in [-0.1, -0.05) is 18.2 Å². The molecule has 106 valence electrons. The first-order valence-corrected chi connectivity index (χ1v) is 6.07. The van der Waals surface area contributed by atoms with Gasteiger partial charge in [0.1, 0.15) is 12.1 Å². The van der Waals surface area contributed by atoms with E-state index in [4.69, 9.17) is 10.2 Å². The molecule has 0 saturated carbocycles. The number of carbonyl (C=O) groups excluding carboxylic acids is 1. The minimum atomic E-state index is -1.43. The molecule has 4 N–H and O–H groups in total. The fourth-order valence-corrected chi connectivity index (χ4v) is 2.10. The molecule has 1 aliphatic rings. The maximum atomic E-state index is 12.0. The lowest BCUT2D eigenvalue weighted by Crippen LogP contribution is -2.48. The Morgan fingerprint density at radius 2 is 2.00 bits per heavy atom. The van der Waals surface area contributed by atoms with Gasteiger partial charge in [0.2, 0.25) is 5.91 Å². The van der Waals surface area contributed by atoms with Crippen molar-refractivity contribution in [2.24, 2.45) is 0 Å². The van der Waals surface area contributed by atoms with Crippen LogP contribution in [0, 0.1) is 0 Å². The van der Waals surface area contributed by atoms with E-state index in [1.54, 1.807) is 0 Å². The summed E-state index contributed by atoms with van der Waals surface area (Å²) in [5.41, 5.74) is 1.80. The highest BCUT2D eigenvalue weighted by Gasteiger charge is 2.30. The van der Waals surface area contributed by atoms with Crippen LogP contribution in [0.2, 0.25) is 0 Å². The summed E-state index contributed by atoms with van der Waals surface area (Å²) in [7, 11) is 0. The van der Waals surface area contributed by atoms with E-state index >= 15 is 0 Å². The maximum absolute atomic E-state index is 12.0. The van der Waals surface area contributed by atoms with Gasteiger partial charge in [-0.15, -0.1) is 0 Å².